The number of nitrogens with zero attached hydrogens (tertiary/aromatic N) is 1. The first-order chi connectivity index (χ1) is 8.71. The highest BCUT2D eigenvalue weighted by Crippen LogP contribution is 2.41. The smallest absolute Gasteiger partial charge is 0.269 e. The van der Waals surface area contributed by atoms with Crippen molar-refractivity contribution in [3.8, 4) is 0 Å². The molecule has 0 aromatic heterocycles. The first-order valence-electron chi connectivity index (χ1n) is 5.15. The molecular formula is C12H7BrF3NO2. The maximum absolute atomic E-state index is 12.9. The Morgan fingerprint density at radius 3 is 2.11 bits per heavy atom. The lowest BCUT2D eigenvalue weighted by molar-refractivity contribution is -0.138. The number of anilines is 1. The summed E-state index contributed by atoms with van der Waals surface area (Å²) in [4.78, 5) is 23.8. The predicted octanol–water partition coefficient (Wildman–Crippen LogP) is 3.21. The Balaban J connectivity index is 2.62. The molecule has 1 aromatic carbocycles. The van der Waals surface area contributed by atoms with Crippen LogP contribution in [0.4, 0.5) is 18.9 Å². The van der Waals surface area contributed by atoms with Crippen LogP contribution in [0.2, 0.25) is 0 Å². The molecule has 7 heteroatoms. The van der Waals surface area contributed by atoms with Gasteiger partial charge in [-0.15, -0.1) is 0 Å². The van der Waals surface area contributed by atoms with Crippen molar-refractivity contribution in [2.24, 2.45) is 0 Å². The van der Waals surface area contributed by atoms with Crippen LogP contribution in [0.5, 0.6) is 0 Å². The Morgan fingerprint density at radius 2 is 1.63 bits per heavy atom. The number of rotatable bonds is 1. The van der Waals surface area contributed by atoms with Crippen molar-refractivity contribution in [2.75, 3.05) is 4.90 Å². The van der Waals surface area contributed by atoms with Gasteiger partial charge in [-0.25, -0.2) is 4.90 Å². The first-order valence-corrected chi connectivity index (χ1v) is 5.94. The summed E-state index contributed by atoms with van der Waals surface area (Å²) in [5, 5.41) is 0. The van der Waals surface area contributed by atoms with Crippen molar-refractivity contribution < 1.29 is 22.8 Å². The highest BCUT2D eigenvalue weighted by Gasteiger charge is 2.36. The summed E-state index contributed by atoms with van der Waals surface area (Å²) >= 11 is 2.82. The average molecular weight is 334 g/mol. The average Bonchev–Trinajstić information content (AvgIpc) is 2.60. The van der Waals surface area contributed by atoms with Gasteiger partial charge in [0.2, 0.25) is 0 Å². The van der Waals surface area contributed by atoms with Crippen LogP contribution in [0.1, 0.15) is 11.1 Å². The minimum absolute atomic E-state index is 0.104. The third-order valence-corrected chi connectivity index (χ3v) is 3.39. The minimum Gasteiger partial charge on any atom is -0.269 e. The second-order valence-electron chi connectivity index (χ2n) is 3.99. The summed E-state index contributed by atoms with van der Waals surface area (Å²) in [7, 11) is 0. The van der Waals surface area contributed by atoms with Gasteiger partial charge in [-0.05, 0) is 40.5 Å². The number of aryl methyl sites for hydroxylation is 1. The number of hydrogen-bond donors (Lipinski definition) is 0. The predicted molar refractivity (Wildman–Crippen MR) is 65.5 cm³/mol. The summed E-state index contributed by atoms with van der Waals surface area (Å²) < 4.78 is 38.2. The van der Waals surface area contributed by atoms with E-state index in [1.807, 2.05) is 0 Å². The molecule has 100 valence electrons. The number of carbonyl (C=O) groups excluding carboxylic acids is 2. The van der Waals surface area contributed by atoms with Gasteiger partial charge in [0.05, 0.1) is 15.7 Å². The van der Waals surface area contributed by atoms with E-state index in [4.69, 9.17) is 0 Å². The van der Waals surface area contributed by atoms with Crippen LogP contribution in [-0.2, 0) is 15.8 Å². The number of halogens is 4. The molecule has 0 bridgehead atoms. The monoisotopic (exact) mass is 333 g/mol. The molecule has 1 aliphatic heterocycles. The molecule has 1 aliphatic rings. The number of benzene rings is 1. The van der Waals surface area contributed by atoms with E-state index in [1.165, 1.54) is 13.0 Å². The Hall–Kier alpha value is -1.63. The summed E-state index contributed by atoms with van der Waals surface area (Å²) in [5.74, 6) is -1.33. The summed E-state index contributed by atoms with van der Waals surface area (Å²) in [5.41, 5.74) is -0.722. The number of hydrogen-bond acceptors (Lipinski definition) is 2. The van der Waals surface area contributed by atoms with Crippen molar-refractivity contribution in [1.82, 2.24) is 0 Å². The van der Waals surface area contributed by atoms with Crippen LogP contribution in [0.15, 0.2) is 28.8 Å². The lowest BCUT2D eigenvalue weighted by Gasteiger charge is -2.20. The van der Waals surface area contributed by atoms with E-state index in [0.717, 1.165) is 18.2 Å². The Kier molecular flexibility index (Phi) is 3.25. The zero-order valence-electron chi connectivity index (χ0n) is 9.58. The Bertz CT molecular complexity index is 590. The number of carbonyl (C=O) groups is 2. The van der Waals surface area contributed by atoms with Gasteiger partial charge in [0, 0.05) is 12.2 Å². The maximum atomic E-state index is 12.9. The molecule has 2 amide bonds. The zero-order valence-corrected chi connectivity index (χ0v) is 11.2. The van der Waals surface area contributed by atoms with Crippen LogP contribution in [0.3, 0.4) is 0 Å². The van der Waals surface area contributed by atoms with E-state index >= 15 is 0 Å². The summed E-state index contributed by atoms with van der Waals surface area (Å²) in [6.45, 7) is 1.46. The molecule has 19 heavy (non-hydrogen) atoms. The van der Waals surface area contributed by atoms with Gasteiger partial charge < -0.3 is 0 Å². The van der Waals surface area contributed by atoms with Crippen LogP contribution < -0.4 is 4.90 Å². The topological polar surface area (TPSA) is 37.4 Å². The van der Waals surface area contributed by atoms with Crippen molar-refractivity contribution in [3.63, 3.8) is 0 Å². The molecular weight excluding hydrogens is 327 g/mol. The van der Waals surface area contributed by atoms with Crippen LogP contribution in [0.25, 0.3) is 0 Å². The van der Waals surface area contributed by atoms with E-state index < -0.39 is 23.6 Å². The first kappa shape index (κ1) is 13.8. The molecule has 0 N–H and O–H groups in total. The molecule has 0 radical (unpaired) electrons. The van der Waals surface area contributed by atoms with E-state index in [0.29, 0.717) is 10.5 Å². The van der Waals surface area contributed by atoms with Crippen molar-refractivity contribution in [2.45, 2.75) is 13.1 Å². The van der Waals surface area contributed by atoms with E-state index in [9.17, 15) is 22.8 Å². The van der Waals surface area contributed by atoms with Crippen molar-refractivity contribution in [3.05, 3.63) is 39.9 Å². The van der Waals surface area contributed by atoms with E-state index in [2.05, 4.69) is 15.9 Å². The quantitative estimate of drug-likeness (QED) is 0.740. The molecule has 3 nitrogen and oxygen atoms in total. The molecule has 0 unspecified atom stereocenters. The number of alkyl halides is 3. The molecule has 0 saturated heterocycles. The second kappa shape index (κ2) is 4.48. The zero-order chi connectivity index (χ0) is 14.4. The van der Waals surface area contributed by atoms with Gasteiger partial charge in [0.1, 0.15) is 0 Å². The number of imide groups is 1. The van der Waals surface area contributed by atoms with Crippen molar-refractivity contribution in [1.29, 1.82) is 0 Å². The van der Waals surface area contributed by atoms with Gasteiger partial charge in [0.25, 0.3) is 11.8 Å². The molecule has 0 spiro atoms. The third kappa shape index (κ3) is 2.42. The molecule has 0 aliphatic carbocycles. The van der Waals surface area contributed by atoms with E-state index in [-0.39, 0.29) is 10.2 Å². The molecule has 2 rings (SSSR count). The highest BCUT2D eigenvalue weighted by molar-refractivity contribution is 9.10. The largest absolute Gasteiger partial charge is 0.417 e. The summed E-state index contributed by atoms with van der Waals surface area (Å²) in [6, 6.07) is 2.30. The van der Waals surface area contributed by atoms with Crippen LogP contribution in [0, 0.1) is 6.92 Å². The SMILES string of the molecule is Cc1cc(N2C(=O)C=CC2=O)c(Br)c(C(F)(F)F)c1. The van der Waals surface area contributed by atoms with Gasteiger partial charge in [-0.2, -0.15) is 13.2 Å². The lowest BCUT2D eigenvalue weighted by Crippen LogP contribution is -2.30. The minimum atomic E-state index is -4.57. The Morgan fingerprint density at radius 1 is 1.11 bits per heavy atom. The lowest BCUT2D eigenvalue weighted by atomic mass is 10.1. The third-order valence-electron chi connectivity index (χ3n) is 2.55. The molecule has 0 atom stereocenters. The molecule has 1 aromatic rings. The van der Waals surface area contributed by atoms with Gasteiger partial charge in [0.15, 0.2) is 0 Å². The summed E-state index contributed by atoms with van der Waals surface area (Å²) in [6.07, 6.45) is -2.53. The normalized spacial score (nSPS) is 15.5. The van der Waals surface area contributed by atoms with Gasteiger partial charge in [-0.1, -0.05) is 0 Å². The molecule has 0 fully saturated rings. The fourth-order valence-corrected chi connectivity index (χ4v) is 2.39. The second-order valence-corrected chi connectivity index (χ2v) is 4.78. The maximum Gasteiger partial charge on any atom is 0.417 e. The number of amides is 2. The Labute approximate surface area is 114 Å². The van der Waals surface area contributed by atoms with Gasteiger partial charge in [-0.3, -0.25) is 9.59 Å². The molecule has 1 heterocycles. The van der Waals surface area contributed by atoms with Crippen molar-refractivity contribution >= 4 is 33.4 Å². The highest BCUT2D eigenvalue weighted by atomic mass is 79.9. The molecule has 0 saturated carbocycles. The van der Waals surface area contributed by atoms with Gasteiger partial charge >= 0.3 is 6.18 Å². The van der Waals surface area contributed by atoms with Crippen LogP contribution in [-0.4, -0.2) is 11.8 Å². The fraction of sp³-hybridized carbons (Fsp3) is 0.167. The van der Waals surface area contributed by atoms with E-state index in [1.54, 1.807) is 0 Å². The van der Waals surface area contributed by atoms with Crippen LogP contribution >= 0.6 is 15.9 Å². The fourth-order valence-electron chi connectivity index (χ4n) is 1.76. The standard InChI is InChI=1S/C12H7BrF3NO2/c1-6-4-7(12(14,15)16)11(13)8(5-6)17-9(18)2-3-10(17)19/h2-5H,1H3.